The van der Waals surface area contributed by atoms with Gasteiger partial charge in [-0.1, -0.05) is 17.7 Å². The van der Waals surface area contributed by atoms with Crippen molar-refractivity contribution in [1.29, 1.82) is 0 Å². The number of anilines is 2. The van der Waals surface area contributed by atoms with E-state index < -0.39 is 0 Å². The molecule has 1 aromatic heterocycles. The van der Waals surface area contributed by atoms with Crippen molar-refractivity contribution in [2.75, 3.05) is 36.8 Å². The molecule has 2 N–H and O–H groups in total. The summed E-state index contributed by atoms with van der Waals surface area (Å²) in [4.78, 5) is 20.8. The predicted octanol–water partition coefficient (Wildman–Crippen LogP) is 2.34. The zero-order valence-corrected chi connectivity index (χ0v) is 12.9. The minimum absolute atomic E-state index is 0.0638. The normalized spacial score (nSPS) is 15.3. The quantitative estimate of drug-likeness (QED) is 0.862. The van der Waals surface area contributed by atoms with Gasteiger partial charge < -0.3 is 15.5 Å². The number of nitrogens with two attached hydrogens (primary N) is 1. The molecule has 0 spiro atoms. The molecule has 1 fully saturated rings. The summed E-state index contributed by atoms with van der Waals surface area (Å²) in [6.45, 7) is 2.87. The second kappa shape index (κ2) is 5.91. The number of carbonyl (C=O) groups is 1. The number of nitrogens with zero attached hydrogens (tertiary/aromatic N) is 3. The lowest BCUT2D eigenvalue weighted by atomic mass is 10.1. The van der Waals surface area contributed by atoms with Gasteiger partial charge in [0.25, 0.3) is 5.91 Å². The van der Waals surface area contributed by atoms with Crippen LogP contribution in [0.3, 0.4) is 0 Å². The first kappa shape index (κ1) is 14.2. The summed E-state index contributed by atoms with van der Waals surface area (Å²) in [5.41, 5.74) is 6.66. The van der Waals surface area contributed by atoms with Crippen molar-refractivity contribution in [2.24, 2.45) is 0 Å². The Kier molecular flexibility index (Phi) is 3.98. The van der Waals surface area contributed by atoms with Crippen molar-refractivity contribution in [2.45, 2.75) is 0 Å². The number of halogens is 1. The SMILES string of the molecule is Nc1cccc(C(=O)N2CCN(c3nccs3)CC2)c1Cl. The number of rotatable bonds is 2. The van der Waals surface area contributed by atoms with Gasteiger partial charge in [-0.25, -0.2) is 4.98 Å². The van der Waals surface area contributed by atoms with E-state index in [0.29, 0.717) is 29.4 Å². The van der Waals surface area contributed by atoms with Crippen LogP contribution in [0.2, 0.25) is 5.02 Å². The zero-order chi connectivity index (χ0) is 14.8. The Hall–Kier alpha value is -1.79. The van der Waals surface area contributed by atoms with E-state index in [1.54, 1.807) is 35.7 Å². The standard InChI is InChI=1S/C14H15ClN4OS/c15-12-10(2-1-3-11(12)16)13(20)18-5-7-19(8-6-18)14-17-4-9-21-14/h1-4,9H,5-8,16H2. The highest BCUT2D eigenvalue weighted by Gasteiger charge is 2.24. The number of aromatic nitrogens is 1. The minimum atomic E-state index is -0.0638. The van der Waals surface area contributed by atoms with E-state index >= 15 is 0 Å². The molecule has 5 nitrogen and oxygen atoms in total. The maximum atomic E-state index is 12.5. The van der Waals surface area contributed by atoms with E-state index in [1.165, 1.54) is 0 Å². The highest BCUT2D eigenvalue weighted by molar-refractivity contribution is 7.13. The summed E-state index contributed by atoms with van der Waals surface area (Å²) < 4.78 is 0. The zero-order valence-electron chi connectivity index (χ0n) is 11.3. The Morgan fingerprint density at radius 3 is 2.71 bits per heavy atom. The number of amides is 1. The molecule has 0 aliphatic carbocycles. The second-order valence-electron chi connectivity index (χ2n) is 4.80. The van der Waals surface area contributed by atoms with Gasteiger partial charge in [0.1, 0.15) is 0 Å². The molecule has 2 aromatic rings. The van der Waals surface area contributed by atoms with E-state index in [0.717, 1.165) is 18.2 Å². The highest BCUT2D eigenvalue weighted by atomic mass is 35.5. The number of hydrogen-bond acceptors (Lipinski definition) is 5. The maximum absolute atomic E-state index is 12.5. The lowest BCUT2D eigenvalue weighted by Crippen LogP contribution is -2.48. The number of benzene rings is 1. The fourth-order valence-electron chi connectivity index (χ4n) is 2.36. The van der Waals surface area contributed by atoms with Crippen molar-refractivity contribution in [1.82, 2.24) is 9.88 Å². The van der Waals surface area contributed by atoms with Crippen LogP contribution in [-0.4, -0.2) is 42.0 Å². The Bertz CT molecular complexity index is 638. The van der Waals surface area contributed by atoms with Crippen LogP contribution in [0.1, 0.15) is 10.4 Å². The molecule has 0 saturated carbocycles. The minimum Gasteiger partial charge on any atom is -0.398 e. The molecular formula is C14H15ClN4OS. The van der Waals surface area contributed by atoms with Gasteiger partial charge in [0.15, 0.2) is 5.13 Å². The first-order valence-corrected chi connectivity index (χ1v) is 7.90. The van der Waals surface area contributed by atoms with Gasteiger partial charge in [-0.3, -0.25) is 4.79 Å². The molecule has 0 atom stereocenters. The van der Waals surface area contributed by atoms with Gasteiger partial charge in [0, 0.05) is 37.8 Å². The lowest BCUT2D eigenvalue weighted by molar-refractivity contribution is 0.0747. The molecule has 7 heteroatoms. The van der Waals surface area contributed by atoms with Crippen LogP contribution in [0.25, 0.3) is 0 Å². The molecular weight excluding hydrogens is 308 g/mol. The molecule has 1 aromatic carbocycles. The van der Waals surface area contributed by atoms with Gasteiger partial charge in [0.2, 0.25) is 0 Å². The van der Waals surface area contributed by atoms with Crippen LogP contribution < -0.4 is 10.6 Å². The predicted molar refractivity (Wildman–Crippen MR) is 86.1 cm³/mol. The summed E-state index contributed by atoms with van der Waals surface area (Å²) in [6.07, 6.45) is 1.80. The van der Waals surface area contributed by atoms with E-state index in [-0.39, 0.29) is 5.91 Å². The third-order valence-corrected chi connectivity index (χ3v) is 4.77. The molecule has 0 bridgehead atoms. The average Bonchev–Trinajstić information content (AvgIpc) is 3.04. The summed E-state index contributed by atoms with van der Waals surface area (Å²) in [7, 11) is 0. The largest absolute Gasteiger partial charge is 0.398 e. The molecule has 0 radical (unpaired) electrons. The smallest absolute Gasteiger partial charge is 0.255 e. The number of thiazole rings is 1. The van der Waals surface area contributed by atoms with Crippen molar-refractivity contribution in [3.05, 3.63) is 40.4 Å². The van der Waals surface area contributed by atoms with Crippen LogP contribution in [-0.2, 0) is 0 Å². The molecule has 1 aliphatic rings. The van der Waals surface area contributed by atoms with E-state index in [9.17, 15) is 4.79 Å². The molecule has 3 rings (SSSR count). The van der Waals surface area contributed by atoms with Gasteiger partial charge in [-0.2, -0.15) is 0 Å². The fraction of sp³-hybridized carbons (Fsp3) is 0.286. The Labute approximate surface area is 131 Å². The van der Waals surface area contributed by atoms with Gasteiger partial charge in [-0.05, 0) is 12.1 Å². The van der Waals surface area contributed by atoms with Crippen molar-refractivity contribution in [3.8, 4) is 0 Å². The summed E-state index contributed by atoms with van der Waals surface area (Å²) >= 11 is 7.74. The Morgan fingerprint density at radius 1 is 1.29 bits per heavy atom. The van der Waals surface area contributed by atoms with Crippen LogP contribution >= 0.6 is 22.9 Å². The fourth-order valence-corrected chi connectivity index (χ4v) is 3.26. The molecule has 1 aliphatic heterocycles. The maximum Gasteiger partial charge on any atom is 0.255 e. The van der Waals surface area contributed by atoms with E-state index in [2.05, 4.69) is 9.88 Å². The molecule has 21 heavy (non-hydrogen) atoms. The Morgan fingerprint density at radius 2 is 2.05 bits per heavy atom. The van der Waals surface area contributed by atoms with Gasteiger partial charge in [-0.15, -0.1) is 11.3 Å². The van der Waals surface area contributed by atoms with Crippen LogP contribution in [0.15, 0.2) is 29.8 Å². The van der Waals surface area contributed by atoms with Gasteiger partial charge in [0.05, 0.1) is 16.3 Å². The summed E-state index contributed by atoms with van der Waals surface area (Å²) in [6, 6.07) is 5.16. The number of carbonyl (C=O) groups excluding carboxylic acids is 1. The summed E-state index contributed by atoms with van der Waals surface area (Å²) in [5.74, 6) is -0.0638. The third kappa shape index (κ3) is 2.82. The number of piperazine rings is 1. The average molecular weight is 323 g/mol. The highest BCUT2D eigenvalue weighted by Crippen LogP contribution is 2.25. The molecule has 0 unspecified atom stereocenters. The molecule has 1 saturated heterocycles. The lowest BCUT2D eigenvalue weighted by Gasteiger charge is -2.34. The van der Waals surface area contributed by atoms with Crippen molar-refractivity contribution >= 4 is 39.7 Å². The number of nitrogen functional groups attached to an aromatic ring is 1. The monoisotopic (exact) mass is 322 g/mol. The first-order valence-electron chi connectivity index (χ1n) is 6.64. The van der Waals surface area contributed by atoms with Crippen LogP contribution in [0.4, 0.5) is 10.8 Å². The second-order valence-corrected chi connectivity index (χ2v) is 6.05. The summed E-state index contributed by atoms with van der Waals surface area (Å²) in [5, 5.41) is 3.30. The van der Waals surface area contributed by atoms with E-state index in [1.807, 2.05) is 10.3 Å². The topological polar surface area (TPSA) is 62.5 Å². The third-order valence-electron chi connectivity index (χ3n) is 3.52. The van der Waals surface area contributed by atoms with Crippen LogP contribution in [0, 0.1) is 0 Å². The van der Waals surface area contributed by atoms with Crippen molar-refractivity contribution in [3.63, 3.8) is 0 Å². The Balaban J connectivity index is 1.69. The van der Waals surface area contributed by atoms with E-state index in [4.69, 9.17) is 17.3 Å². The van der Waals surface area contributed by atoms with Crippen molar-refractivity contribution < 1.29 is 4.79 Å². The molecule has 1 amide bonds. The molecule has 2 heterocycles. The van der Waals surface area contributed by atoms with Gasteiger partial charge >= 0.3 is 0 Å². The first-order chi connectivity index (χ1) is 10.2. The molecule has 110 valence electrons. The number of hydrogen-bond donors (Lipinski definition) is 1. The van der Waals surface area contributed by atoms with Crippen LogP contribution in [0.5, 0.6) is 0 Å².